The third-order valence-electron chi connectivity index (χ3n) is 0.426. The highest BCUT2D eigenvalue weighted by atomic mass is 35.5. The number of alkyl halides is 1. The topological polar surface area (TPSA) is 9.23 Å². The van der Waals surface area contributed by atoms with Crippen LogP contribution in [0.3, 0.4) is 0 Å². The van der Waals surface area contributed by atoms with E-state index in [9.17, 15) is 0 Å². The van der Waals surface area contributed by atoms with Crippen molar-refractivity contribution in [3.05, 3.63) is 0 Å². The summed E-state index contributed by atoms with van der Waals surface area (Å²) in [4.78, 5) is 0. The molecule has 0 spiro atoms. The summed E-state index contributed by atoms with van der Waals surface area (Å²) in [6, 6.07) is 1.54. The van der Waals surface area contributed by atoms with Gasteiger partial charge in [-0.2, -0.15) is 0 Å². The van der Waals surface area contributed by atoms with Crippen molar-refractivity contribution in [1.29, 1.82) is 0 Å². The fourth-order valence-electron chi connectivity index (χ4n) is 0.199. The first-order valence-corrected chi connectivity index (χ1v) is 4.00. The molecule has 0 amide bonds. The summed E-state index contributed by atoms with van der Waals surface area (Å²) in [5.41, 5.74) is 0. The average molecular weight is 125 g/mol. The van der Waals surface area contributed by atoms with Gasteiger partial charge in [0.05, 0.1) is 0 Å². The Bertz CT molecular complexity index is 22.8. The Morgan fingerprint density at radius 3 is 2.50 bits per heavy atom. The van der Waals surface area contributed by atoms with Gasteiger partial charge >= 0.3 is 0 Å². The van der Waals surface area contributed by atoms with Crippen LogP contribution in [-0.4, -0.2) is 22.9 Å². The Morgan fingerprint density at radius 1 is 1.67 bits per heavy atom. The smallest absolute Gasteiger partial charge is 0.120 e. The van der Waals surface area contributed by atoms with E-state index in [2.05, 4.69) is 0 Å². The molecule has 0 fully saturated rings. The number of ether oxygens (including phenoxy) is 1. The number of hydrogen-bond donors (Lipinski definition) is 0. The van der Waals surface area contributed by atoms with Crippen LogP contribution in [0, 0.1) is 0 Å². The normalized spacial score (nSPS) is 9.50. The Hall–Kier alpha value is 0.467. The molecule has 3 heteroatoms. The number of hydrogen-bond acceptors (Lipinski definition) is 1. The molecule has 0 rings (SSSR count). The molecule has 38 valence electrons. The van der Waals surface area contributed by atoms with Gasteiger partial charge in [-0.05, 0) is 6.04 Å². The van der Waals surface area contributed by atoms with Crippen molar-refractivity contribution >= 4 is 21.8 Å². The molecule has 6 heavy (non-hydrogen) atoms. The lowest BCUT2D eigenvalue weighted by Gasteiger charge is -1.89. The second-order valence-electron chi connectivity index (χ2n) is 1.02. The zero-order valence-corrected chi connectivity index (χ0v) is 6.66. The molecule has 0 bridgehead atoms. The third-order valence-corrected chi connectivity index (χ3v) is 0.988. The van der Waals surface area contributed by atoms with Gasteiger partial charge in [-0.3, -0.25) is 0 Å². The molecule has 0 saturated carbocycles. The van der Waals surface area contributed by atoms with E-state index in [0.29, 0.717) is 6.07 Å². The SMILES string of the molecule is [SiH3]CCOCCl. The predicted molar refractivity (Wildman–Crippen MR) is 31.4 cm³/mol. The van der Waals surface area contributed by atoms with Crippen molar-refractivity contribution in [2.24, 2.45) is 0 Å². The van der Waals surface area contributed by atoms with Gasteiger partial charge < -0.3 is 4.74 Å². The van der Waals surface area contributed by atoms with Gasteiger partial charge in [-0.1, -0.05) is 11.6 Å². The van der Waals surface area contributed by atoms with E-state index in [1.807, 2.05) is 0 Å². The molecule has 0 N–H and O–H groups in total. The van der Waals surface area contributed by atoms with E-state index in [-0.39, 0.29) is 0 Å². The Kier molecular flexibility index (Phi) is 5.89. The minimum Gasteiger partial charge on any atom is -0.366 e. The molecule has 0 aliphatic carbocycles. The van der Waals surface area contributed by atoms with Crippen molar-refractivity contribution in [2.45, 2.75) is 6.04 Å². The summed E-state index contributed by atoms with van der Waals surface area (Å²) in [6.45, 7) is 0.843. The summed E-state index contributed by atoms with van der Waals surface area (Å²) in [7, 11) is 1.22. The molecule has 0 radical (unpaired) electrons. The zero-order valence-electron chi connectivity index (χ0n) is 3.91. The number of rotatable bonds is 3. The molecular formula is C3H9ClOSi. The third kappa shape index (κ3) is 4.47. The van der Waals surface area contributed by atoms with Crippen LogP contribution in [0.25, 0.3) is 0 Å². The number of halogens is 1. The van der Waals surface area contributed by atoms with Crippen molar-refractivity contribution in [3.63, 3.8) is 0 Å². The minimum absolute atomic E-state index is 0.349. The van der Waals surface area contributed by atoms with Gasteiger partial charge in [0.15, 0.2) is 0 Å². The first-order chi connectivity index (χ1) is 2.91. The minimum atomic E-state index is 0.349. The van der Waals surface area contributed by atoms with E-state index in [1.54, 1.807) is 0 Å². The van der Waals surface area contributed by atoms with E-state index >= 15 is 0 Å². The van der Waals surface area contributed by atoms with Gasteiger partial charge in [0.1, 0.15) is 6.07 Å². The van der Waals surface area contributed by atoms with Crippen LogP contribution in [0.4, 0.5) is 0 Å². The van der Waals surface area contributed by atoms with Crippen LogP contribution in [0.5, 0.6) is 0 Å². The van der Waals surface area contributed by atoms with Crippen molar-refractivity contribution in [3.8, 4) is 0 Å². The lowest BCUT2D eigenvalue weighted by Crippen LogP contribution is -1.88. The fourth-order valence-corrected chi connectivity index (χ4v) is 0.597. The van der Waals surface area contributed by atoms with Crippen LogP contribution in [0.15, 0.2) is 0 Å². The maximum atomic E-state index is 5.17. The van der Waals surface area contributed by atoms with Crippen molar-refractivity contribution in [1.82, 2.24) is 0 Å². The summed E-state index contributed by atoms with van der Waals surface area (Å²) in [5.74, 6) is 0. The van der Waals surface area contributed by atoms with E-state index in [1.165, 1.54) is 16.3 Å². The van der Waals surface area contributed by atoms with Crippen molar-refractivity contribution < 1.29 is 4.74 Å². The molecular weight excluding hydrogens is 116 g/mol. The average Bonchev–Trinajstić information content (AvgIpc) is 1.61. The van der Waals surface area contributed by atoms with Crippen LogP contribution >= 0.6 is 11.6 Å². The van der Waals surface area contributed by atoms with Gasteiger partial charge in [0, 0.05) is 16.8 Å². The highest BCUT2D eigenvalue weighted by Gasteiger charge is 1.74. The maximum Gasteiger partial charge on any atom is 0.120 e. The Balaban J connectivity index is 2.34. The van der Waals surface area contributed by atoms with Crippen LogP contribution in [0.1, 0.15) is 0 Å². The van der Waals surface area contributed by atoms with Gasteiger partial charge in [0.2, 0.25) is 0 Å². The fraction of sp³-hybridized carbons (Fsp3) is 1.00. The Labute approximate surface area is 46.1 Å². The molecule has 0 saturated heterocycles. The summed E-state index contributed by atoms with van der Waals surface area (Å²) in [5, 5.41) is 0. The zero-order chi connectivity index (χ0) is 4.83. The molecule has 0 heterocycles. The molecule has 0 unspecified atom stereocenters. The highest BCUT2D eigenvalue weighted by molar-refractivity contribution is 6.17. The van der Waals surface area contributed by atoms with Gasteiger partial charge in [-0.25, -0.2) is 0 Å². The van der Waals surface area contributed by atoms with E-state index in [4.69, 9.17) is 16.3 Å². The Morgan fingerprint density at radius 2 is 2.33 bits per heavy atom. The monoisotopic (exact) mass is 124 g/mol. The van der Waals surface area contributed by atoms with Gasteiger partial charge in [0.25, 0.3) is 0 Å². The molecule has 1 nitrogen and oxygen atoms in total. The van der Waals surface area contributed by atoms with Crippen LogP contribution in [0.2, 0.25) is 6.04 Å². The lowest BCUT2D eigenvalue weighted by molar-refractivity contribution is 0.195. The first-order valence-electron chi connectivity index (χ1n) is 2.05. The molecule has 0 atom stereocenters. The van der Waals surface area contributed by atoms with Crippen LogP contribution in [-0.2, 0) is 4.74 Å². The second kappa shape index (κ2) is 5.47. The first kappa shape index (κ1) is 6.47. The molecule has 0 aromatic carbocycles. The second-order valence-corrected chi connectivity index (χ2v) is 2.24. The van der Waals surface area contributed by atoms with E-state index < -0.39 is 0 Å². The largest absolute Gasteiger partial charge is 0.366 e. The summed E-state index contributed by atoms with van der Waals surface area (Å²) >= 11 is 5.17. The summed E-state index contributed by atoms with van der Waals surface area (Å²) < 4.78 is 4.78. The lowest BCUT2D eigenvalue weighted by atomic mass is 10.9. The maximum absolute atomic E-state index is 5.17. The highest BCUT2D eigenvalue weighted by Crippen LogP contribution is 1.79. The van der Waals surface area contributed by atoms with Crippen LogP contribution < -0.4 is 0 Å². The quantitative estimate of drug-likeness (QED) is 0.292. The molecule has 0 aliphatic rings. The molecule has 0 aliphatic heterocycles. The molecule has 0 aromatic heterocycles. The van der Waals surface area contributed by atoms with Gasteiger partial charge in [-0.15, -0.1) is 0 Å². The van der Waals surface area contributed by atoms with Crippen molar-refractivity contribution in [2.75, 3.05) is 12.7 Å². The van der Waals surface area contributed by atoms with E-state index in [0.717, 1.165) is 6.61 Å². The standard InChI is InChI=1S/C3H9ClOSi/c4-3-5-1-2-6/h1-3H2,6H3. The predicted octanol–water partition coefficient (Wildman–Crippen LogP) is -0.0170. The molecule has 0 aromatic rings. The summed E-state index contributed by atoms with van der Waals surface area (Å²) in [6.07, 6.45) is 0.